The van der Waals surface area contributed by atoms with Crippen LogP contribution in [-0.4, -0.2) is 13.6 Å². The van der Waals surface area contributed by atoms with Gasteiger partial charge in [-0.25, -0.2) is 4.39 Å². The summed E-state index contributed by atoms with van der Waals surface area (Å²) < 4.78 is 14.1. The number of nitrogens with one attached hydrogen (secondary N) is 1. The van der Waals surface area contributed by atoms with Crippen LogP contribution in [0.2, 0.25) is 0 Å². The summed E-state index contributed by atoms with van der Waals surface area (Å²) in [7, 11) is 2.01. The number of hydrogen-bond acceptors (Lipinski definition) is 2. The van der Waals surface area contributed by atoms with E-state index in [1.165, 1.54) is 11.6 Å². The van der Waals surface area contributed by atoms with Gasteiger partial charge in [0.2, 0.25) is 0 Å². The minimum atomic E-state index is -0.143. The van der Waals surface area contributed by atoms with Gasteiger partial charge in [0.15, 0.2) is 0 Å². The highest BCUT2D eigenvalue weighted by Crippen LogP contribution is 2.23. The molecule has 21 heavy (non-hydrogen) atoms. The molecule has 0 saturated carbocycles. The molecule has 1 N–H and O–H groups in total. The average Bonchev–Trinajstić information content (AvgIpc) is 2.50. The van der Waals surface area contributed by atoms with Gasteiger partial charge < -0.3 is 10.2 Å². The molecule has 0 radical (unpaired) electrons. The van der Waals surface area contributed by atoms with E-state index in [-0.39, 0.29) is 5.82 Å². The summed E-state index contributed by atoms with van der Waals surface area (Å²) in [6.45, 7) is 4.34. The van der Waals surface area contributed by atoms with Crippen molar-refractivity contribution in [3.05, 3.63) is 65.5 Å². The molecule has 2 aromatic carbocycles. The van der Waals surface area contributed by atoms with Gasteiger partial charge in [-0.1, -0.05) is 43.3 Å². The summed E-state index contributed by atoms with van der Waals surface area (Å²) >= 11 is 0. The first-order chi connectivity index (χ1) is 10.2. The maximum atomic E-state index is 14.1. The Labute approximate surface area is 126 Å². The molecular weight excluding hydrogens is 263 g/mol. The topological polar surface area (TPSA) is 15.3 Å². The standard InChI is InChI=1S/C18H23FN2/c1-3-12-20-13-16-17(19)10-7-11-18(16)21(2)14-15-8-5-4-6-9-15/h4-11,20H,3,12-14H2,1-2H3. The number of halogens is 1. The number of rotatable bonds is 7. The van der Waals surface area contributed by atoms with Crippen LogP contribution >= 0.6 is 0 Å². The molecule has 0 aliphatic rings. The number of anilines is 1. The molecule has 0 aliphatic carbocycles. The minimum absolute atomic E-state index is 0.143. The van der Waals surface area contributed by atoms with E-state index in [1.54, 1.807) is 6.07 Å². The van der Waals surface area contributed by atoms with E-state index in [2.05, 4.69) is 29.3 Å². The van der Waals surface area contributed by atoms with Gasteiger partial charge in [-0.05, 0) is 30.7 Å². The molecule has 2 rings (SSSR count). The maximum absolute atomic E-state index is 14.1. The second-order valence-electron chi connectivity index (χ2n) is 5.26. The highest BCUT2D eigenvalue weighted by molar-refractivity contribution is 5.54. The largest absolute Gasteiger partial charge is 0.370 e. The van der Waals surface area contributed by atoms with Crippen LogP contribution in [0.25, 0.3) is 0 Å². The molecule has 0 amide bonds. The van der Waals surface area contributed by atoms with Gasteiger partial charge in [0, 0.05) is 31.4 Å². The van der Waals surface area contributed by atoms with Crippen LogP contribution in [-0.2, 0) is 13.1 Å². The van der Waals surface area contributed by atoms with Crippen molar-refractivity contribution in [2.45, 2.75) is 26.4 Å². The van der Waals surface area contributed by atoms with Crippen LogP contribution in [0.5, 0.6) is 0 Å². The Kier molecular flexibility index (Phi) is 5.76. The molecule has 2 aromatic rings. The first-order valence-electron chi connectivity index (χ1n) is 7.45. The van der Waals surface area contributed by atoms with Gasteiger partial charge in [0.1, 0.15) is 5.82 Å². The predicted octanol–water partition coefficient (Wildman–Crippen LogP) is 3.96. The molecule has 0 unspecified atom stereocenters. The smallest absolute Gasteiger partial charge is 0.129 e. The van der Waals surface area contributed by atoms with Crippen LogP contribution in [0.3, 0.4) is 0 Å². The molecule has 0 fully saturated rings. The normalized spacial score (nSPS) is 10.6. The van der Waals surface area contributed by atoms with Crippen molar-refractivity contribution in [3.8, 4) is 0 Å². The number of nitrogens with zero attached hydrogens (tertiary/aromatic N) is 1. The van der Waals surface area contributed by atoms with Gasteiger partial charge in [0.05, 0.1) is 0 Å². The minimum Gasteiger partial charge on any atom is -0.370 e. The Morgan fingerprint density at radius 1 is 1.05 bits per heavy atom. The lowest BCUT2D eigenvalue weighted by Gasteiger charge is -2.23. The molecule has 0 bridgehead atoms. The molecule has 0 heterocycles. The fourth-order valence-corrected chi connectivity index (χ4v) is 2.41. The Morgan fingerprint density at radius 3 is 2.52 bits per heavy atom. The van der Waals surface area contributed by atoms with E-state index < -0.39 is 0 Å². The van der Waals surface area contributed by atoms with Crippen molar-refractivity contribution in [2.75, 3.05) is 18.5 Å². The summed E-state index contributed by atoms with van der Waals surface area (Å²) in [4.78, 5) is 2.10. The van der Waals surface area contributed by atoms with Crippen LogP contribution in [0, 0.1) is 5.82 Å². The summed E-state index contributed by atoms with van der Waals surface area (Å²) in [5, 5.41) is 3.28. The van der Waals surface area contributed by atoms with Crippen molar-refractivity contribution < 1.29 is 4.39 Å². The average molecular weight is 286 g/mol. The van der Waals surface area contributed by atoms with Crippen LogP contribution < -0.4 is 10.2 Å². The van der Waals surface area contributed by atoms with Crippen molar-refractivity contribution >= 4 is 5.69 Å². The molecule has 0 saturated heterocycles. The monoisotopic (exact) mass is 286 g/mol. The highest BCUT2D eigenvalue weighted by Gasteiger charge is 2.12. The quantitative estimate of drug-likeness (QED) is 0.775. The van der Waals surface area contributed by atoms with Crippen LogP contribution in [0.1, 0.15) is 24.5 Å². The third kappa shape index (κ3) is 4.30. The maximum Gasteiger partial charge on any atom is 0.129 e. The zero-order chi connectivity index (χ0) is 15.1. The Morgan fingerprint density at radius 2 is 1.81 bits per heavy atom. The van der Waals surface area contributed by atoms with Gasteiger partial charge in [-0.3, -0.25) is 0 Å². The molecule has 0 aromatic heterocycles. The van der Waals surface area contributed by atoms with Crippen molar-refractivity contribution in [1.82, 2.24) is 5.32 Å². The van der Waals surface area contributed by atoms with Crippen LogP contribution in [0.4, 0.5) is 10.1 Å². The lowest BCUT2D eigenvalue weighted by molar-refractivity contribution is 0.585. The fraction of sp³-hybridized carbons (Fsp3) is 0.333. The van der Waals surface area contributed by atoms with E-state index in [9.17, 15) is 4.39 Å². The van der Waals surface area contributed by atoms with Gasteiger partial charge >= 0.3 is 0 Å². The molecule has 0 aliphatic heterocycles. The first kappa shape index (κ1) is 15.5. The third-order valence-corrected chi connectivity index (χ3v) is 3.50. The Hall–Kier alpha value is -1.87. The molecule has 0 spiro atoms. The third-order valence-electron chi connectivity index (χ3n) is 3.50. The first-order valence-corrected chi connectivity index (χ1v) is 7.45. The Bertz CT molecular complexity index is 554. The summed E-state index contributed by atoms with van der Waals surface area (Å²) in [5.41, 5.74) is 2.91. The number of benzene rings is 2. The van der Waals surface area contributed by atoms with Gasteiger partial charge in [-0.2, -0.15) is 0 Å². The van der Waals surface area contributed by atoms with Crippen molar-refractivity contribution in [1.29, 1.82) is 0 Å². The summed E-state index contributed by atoms with van der Waals surface area (Å²) in [6.07, 6.45) is 1.05. The highest BCUT2D eigenvalue weighted by atomic mass is 19.1. The van der Waals surface area contributed by atoms with E-state index in [0.717, 1.165) is 30.8 Å². The fourth-order valence-electron chi connectivity index (χ4n) is 2.41. The van der Waals surface area contributed by atoms with Crippen molar-refractivity contribution in [3.63, 3.8) is 0 Å². The zero-order valence-electron chi connectivity index (χ0n) is 12.8. The number of hydrogen-bond donors (Lipinski definition) is 1. The molecule has 2 nitrogen and oxygen atoms in total. The summed E-state index contributed by atoms with van der Waals surface area (Å²) in [5.74, 6) is -0.143. The van der Waals surface area contributed by atoms with Crippen LogP contribution in [0.15, 0.2) is 48.5 Å². The zero-order valence-corrected chi connectivity index (χ0v) is 12.8. The molecule has 112 valence electrons. The predicted molar refractivity (Wildman–Crippen MR) is 86.9 cm³/mol. The SMILES string of the molecule is CCCNCc1c(F)cccc1N(C)Cc1ccccc1. The van der Waals surface area contributed by atoms with E-state index in [1.807, 2.05) is 31.3 Å². The summed E-state index contributed by atoms with van der Waals surface area (Å²) in [6, 6.07) is 15.5. The second-order valence-corrected chi connectivity index (χ2v) is 5.26. The van der Waals surface area contributed by atoms with Gasteiger partial charge in [-0.15, -0.1) is 0 Å². The Balaban J connectivity index is 2.15. The van der Waals surface area contributed by atoms with Crippen molar-refractivity contribution in [2.24, 2.45) is 0 Å². The lowest BCUT2D eigenvalue weighted by Crippen LogP contribution is -2.22. The molecule has 3 heteroatoms. The van der Waals surface area contributed by atoms with Gasteiger partial charge in [0.25, 0.3) is 0 Å². The lowest BCUT2D eigenvalue weighted by atomic mass is 10.1. The van der Waals surface area contributed by atoms with E-state index >= 15 is 0 Å². The molecular formula is C18H23FN2. The van der Waals surface area contributed by atoms with E-state index in [4.69, 9.17) is 0 Å². The van der Waals surface area contributed by atoms with E-state index in [0.29, 0.717) is 6.54 Å². The molecule has 0 atom stereocenters. The second kappa shape index (κ2) is 7.79.